The maximum atomic E-state index is 13.2. The fourth-order valence-corrected chi connectivity index (χ4v) is 4.64. The number of nitrogens with zero attached hydrogens (tertiary/aromatic N) is 1. The Hall–Kier alpha value is -2.37. The Morgan fingerprint density at radius 2 is 1.71 bits per heavy atom. The maximum Gasteiger partial charge on any atom is 0.242 e. The zero-order chi connectivity index (χ0) is 19.7. The monoisotopic (exact) mass is 379 g/mol. The highest BCUT2D eigenvalue weighted by Gasteiger charge is 2.55. The number of nitrogens with one attached hydrogen (secondary N) is 2. The zero-order valence-corrected chi connectivity index (χ0v) is 16.6. The van der Waals surface area contributed by atoms with E-state index >= 15 is 0 Å². The van der Waals surface area contributed by atoms with Gasteiger partial charge in [-0.05, 0) is 30.0 Å². The van der Waals surface area contributed by atoms with E-state index in [1.807, 2.05) is 23.1 Å². The fraction of sp³-hybridized carbons (Fsp3) is 0.435. The first kappa shape index (κ1) is 19.0. The van der Waals surface area contributed by atoms with Gasteiger partial charge in [-0.15, -0.1) is 0 Å². The number of hydrogen-bond acceptors (Lipinski definition) is 4. The van der Waals surface area contributed by atoms with Crippen LogP contribution in [0.25, 0.3) is 0 Å². The summed E-state index contributed by atoms with van der Waals surface area (Å²) in [5.74, 6) is 0.431. The van der Waals surface area contributed by atoms with Crippen molar-refractivity contribution < 1.29 is 9.90 Å². The normalized spacial score (nSPS) is 26.6. The van der Waals surface area contributed by atoms with Crippen molar-refractivity contribution >= 4 is 5.91 Å². The second kappa shape index (κ2) is 7.94. The Balaban J connectivity index is 1.74. The molecule has 28 heavy (non-hydrogen) atoms. The van der Waals surface area contributed by atoms with Gasteiger partial charge in [0.05, 0.1) is 12.1 Å². The van der Waals surface area contributed by atoms with E-state index < -0.39 is 0 Å². The number of fused-ring (bicyclic) bond motifs is 1. The quantitative estimate of drug-likeness (QED) is 0.719. The lowest BCUT2D eigenvalue weighted by molar-refractivity contribution is -0.130. The van der Waals surface area contributed by atoms with Crippen molar-refractivity contribution in [3.05, 3.63) is 65.2 Å². The summed E-state index contributed by atoms with van der Waals surface area (Å²) < 4.78 is 0. The first-order chi connectivity index (χ1) is 13.7. The number of hydrogen-bond donors (Lipinski definition) is 3. The van der Waals surface area contributed by atoms with Crippen LogP contribution in [0.5, 0.6) is 5.75 Å². The predicted molar refractivity (Wildman–Crippen MR) is 110 cm³/mol. The van der Waals surface area contributed by atoms with E-state index in [-0.39, 0.29) is 35.7 Å². The number of hydrazine groups is 1. The van der Waals surface area contributed by atoms with E-state index in [1.54, 1.807) is 6.07 Å². The average molecular weight is 380 g/mol. The standard InChI is InChI=1S/C23H29N3O2/c1-3-5-14-26-22(16-12-10-15(4-2)11-13-16)19-20(24-25-21(19)23(26)28)17-8-6-7-9-18(17)27/h6-13,19-22,24-25,27H,3-5,14H2,1-2H3. The lowest BCUT2D eigenvalue weighted by Crippen LogP contribution is -2.41. The molecule has 2 fully saturated rings. The second-order valence-electron chi connectivity index (χ2n) is 7.81. The molecule has 2 aromatic rings. The SMILES string of the molecule is CCCCN1C(=O)C2NNC(c3ccccc3O)C2C1c1ccc(CC)cc1. The molecule has 0 radical (unpaired) electrons. The Labute approximate surface area is 166 Å². The van der Waals surface area contributed by atoms with Gasteiger partial charge in [-0.25, -0.2) is 10.9 Å². The number of carbonyl (C=O) groups is 1. The minimum atomic E-state index is -0.280. The van der Waals surface area contributed by atoms with Crippen LogP contribution in [0.3, 0.4) is 0 Å². The zero-order valence-electron chi connectivity index (χ0n) is 16.6. The first-order valence-electron chi connectivity index (χ1n) is 10.3. The smallest absolute Gasteiger partial charge is 0.242 e. The number of phenolic OH excluding ortho intramolecular Hbond substituents is 1. The molecule has 0 saturated carbocycles. The maximum absolute atomic E-state index is 13.2. The third kappa shape index (κ3) is 3.19. The van der Waals surface area contributed by atoms with Gasteiger partial charge < -0.3 is 10.0 Å². The van der Waals surface area contributed by atoms with Crippen molar-refractivity contribution in [2.24, 2.45) is 5.92 Å². The third-order valence-corrected chi connectivity index (χ3v) is 6.17. The molecule has 2 aliphatic heterocycles. The number of rotatable bonds is 6. The van der Waals surface area contributed by atoms with Gasteiger partial charge >= 0.3 is 0 Å². The number of aromatic hydroxyl groups is 1. The summed E-state index contributed by atoms with van der Waals surface area (Å²) in [7, 11) is 0. The number of benzene rings is 2. The fourth-order valence-electron chi connectivity index (χ4n) is 4.64. The van der Waals surface area contributed by atoms with E-state index in [4.69, 9.17) is 0 Å². The highest BCUT2D eigenvalue weighted by Crippen LogP contribution is 2.48. The van der Waals surface area contributed by atoms with Gasteiger partial charge in [-0.2, -0.15) is 0 Å². The van der Waals surface area contributed by atoms with Crippen molar-refractivity contribution in [1.82, 2.24) is 15.8 Å². The molecule has 1 amide bonds. The molecule has 0 bridgehead atoms. The first-order valence-corrected chi connectivity index (χ1v) is 10.3. The van der Waals surface area contributed by atoms with Crippen LogP contribution in [0.1, 0.15) is 55.5 Å². The largest absolute Gasteiger partial charge is 0.508 e. The van der Waals surface area contributed by atoms with Crippen molar-refractivity contribution in [2.45, 2.75) is 51.2 Å². The molecular weight excluding hydrogens is 350 g/mol. The van der Waals surface area contributed by atoms with E-state index in [0.717, 1.165) is 31.4 Å². The molecule has 2 aliphatic rings. The molecule has 5 nitrogen and oxygen atoms in total. The molecule has 5 heteroatoms. The molecule has 0 aromatic heterocycles. The molecule has 3 N–H and O–H groups in total. The van der Waals surface area contributed by atoms with Gasteiger partial charge in [-0.1, -0.05) is 62.7 Å². The lowest BCUT2D eigenvalue weighted by atomic mass is 9.83. The Morgan fingerprint density at radius 3 is 2.39 bits per heavy atom. The Kier molecular flexibility index (Phi) is 5.38. The van der Waals surface area contributed by atoms with E-state index in [2.05, 4.69) is 49.0 Å². The van der Waals surface area contributed by atoms with Crippen LogP contribution in [0, 0.1) is 5.92 Å². The summed E-state index contributed by atoms with van der Waals surface area (Å²) in [6.45, 7) is 5.06. The molecule has 2 heterocycles. The summed E-state index contributed by atoms with van der Waals surface area (Å²) >= 11 is 0. The topological polar surface area (TPSA) is 64.6 Å². The minimum absolute atomic E-state index is 0.0120. The van der Waals surface area contributed by atoms with Crippen LogP contribution in [0.15, 0.2) is 48.5 Å². The molecule has 4 atom stereocenters. The lowest BCUT2D eigenvalue weighted by Gasteiger charge is -2.31. The van der Waals surface area contributed by atoms with E-state index in [1.165, 1.54) is 11.1 Å². The molecule has 2 saturated heterocycles. The van der Waals surface area contributed by atoms with Crippen molar-refractivity contribution in [3.8, 4) is 5.75 Å². The molecule has 4 rings (SSSR count). The highest BCUT2D eigenvalue weighted by molar-refractivity contribution is 5.86. The summed E-state index contributed by atoms with van der Waals surface area (Å²) in [5.41, 5.74) is 9.81. The number of aryl methyl sites for hydroxylation is 1. The van der Waals surface area contributed by atoms with Gasteiger partial charge in [0.1, 0.15) is 11.8 Å². The number of phenols is 1. The Morgan fingerprint density at radius 1 is 1.00 bits per heavy atom. The number of para-hydroxylation sites is 1. The highest BCUT2D eigenvalue weighted by atomic mass is 16.3. The molecule has 4 unspecified atom stereocenters. The van der Waals surface area contributed by atoms with Gasteiger partial charge in [0.2, 0.25) is 5.91 Å². The van der Waals surface area contributed by atoms with Crippen LogP contribution >= 0.6 is 0 Å². The summed E-state index contributed by atoms with van der Waals surface area (Å²) in [5, 5.41) is 10.4. The van der Waals surface area contributed by atoms with Crippen LogP contribution in [-0.2, 0) is 11.2 Å². The second-order valence-corrected chi connectivity index (χ2v) is 7.81. The van der Waals surface area contributed by atoms with Crippen molar-refractivity contribution in [1.29, 1.82) is 0 Å². The van der Waals surface area contributed by atoms with Crippen molar-refractivity contribution in [2.75, 3.05) is 6.54 Å². The van der Waals surface area contributed by atoms with E-state index in [0.29, 0.717) is 0 Å². The summed E-state index contributed by atoms with van der Waals surface area (Å²) in [4.78, 5) is 15.3. The van der Waals surface area contributed by atoms with Gasteiger partial charge in [-0.3, -0.25) is 4.79 Å². The van der Waals surface area contributed by atoms with Gasteiger partial charge in [0.25, 0.3) is 0 Å². The van der Waals surface area contributed by atoms with E-state index in [9.17, 15) is 9.90 Å². The van der Waals surface area contributed by atoms with Crippen LogP contribution in [-0.4, -0.2) is 28.5 Å². The molecule has 148 valence electrons. The van der Waals surface area contributed by atoms with Gasteiger partial charge in [0, 0.05) is 18.0 Å². The average Bonchev–Trinajstić information content (AvgIpc) is 3.26. The number of likely N-dealkylation sites (tertiary alicyclic amines) is 1. The van der Waals surface area contributed by atoms with Crippen molar-refractivity contribution in [3.63, 3.8) is 0 Å². The predicted octanol–water partition coefficient (Wildman–Crippen LogP) is 3.47. The third-order valence-electron chi connectivity index (χ3n) is 6.17. The molecule has 0 spiro atoms. The number of amides is 1. The summed E-state index contributed by atoms with van der Waals surface area (Å²) in [6, 6.07) is 15.6. The molecule has 0 aliphatic carbocycles. The summed E-state index contributed by atoms with van der Waals surface area (Å²) in [6.07, 6.45) is 3.04. The van der Waals surface area contributed by atoms with Crippen LogP contribution in [0.4, 0.5) is 0 Å². The van der Waals surface area contributed by atoms with Crippen LogP contribution in [0.2, 0.25) is 0 Å². The molecule has 2 aromatic carbocycles. The molecular formula is C23H29N3O2. The number of unbranched alkanes of at least 4 members (excludes halogenated alkanes) is 1. The number of carbonyl (C=O) groups excluding carboxylic acids is 1. The Bertz CT molecular complexity index is 836. The van der Waals surface area contributed by atoms with Crippen LogP contribution < -0.4 is 10.9 Å². The van der Waals surface area contributed by atoms with Gasteiger partial charge in [0.15, 0.2) is 0 Å². The minimum Gasteiger partial charge on any atom is -0.508 e.